The van der Waals surface area contributed by atoms with Crippen LogP contribution in [0.1, 0.15) is 39.3 Å². The summed E-state index contributed by atoms with van der Waals surface area (Å²) in [5, 5.41) is 4.21. The summed E-state index contributed by atoms with van der Waals surface area (Å²) < 4.78 is 1.80. The van der Waals surface area contributed by atoms with Crippen LogP contribution in [0.5, 0.6) is 0 Å². The highest BCUT2D eigenvalue weighted by Crippen LogP contribution is 2.29. The number of aromatic nitrogens is 2. The fourth-order valence-corrected chi connectivity index (χ4v) is 2.52. The van der Waals surface area contributed by atoms with E-state index in [4.69, 9.17) is 5.84 Å². The molecule has 1 atom stereocenters. The van der Waals surface area contributed by atoms with Gasteiger partial charge in [0.2, 0.25) is 0 Å². The van der Waals surface area contributed by atoms with Crippen LogP contribution >= 0.6 is 0 Å². The summed E-state index contributed by atoms with van der Waals surface area (Å²) in [6.07, 6.45) is 3.88. The van der Waals surface area contributed by atoms with Gasteiger partial charge in [0.25, 0.3) is 0 Å². The molecule has 0 radical (unpaired) electrons. The predicted octanol–water partition coefficient (Wildman–Crippen LogP) is 1.04. The third kappa shape index (κ3) is 2.86. The van der Waals surface area contributed by atoms with Gasteiger partial charge in [-0.1, -0.05) is 13.8 Å². The number of hydrazine groups is 1. The van der Waals surface area contributed by atoms with Crippen LogP contribution in [0.3, 0.4) is 0 Å². The van der Waals surface area contributed by atoms with Crippen molar-refractivity contribution >= 4 is 0 Å². The standard InChI is InChI=1S/C12H25N5/c1-6-17(7-2)12(3,4)11(15-13)10-8-14-16(5)9-10/h8-9,11,15H,6-7,13H2,1-5H3. The first-order chi connectivity index (χ1) is 7.97. The maximum absolute atomic E-state index is 5.73. The van der Waals surface area contributed by atoms with E-state index >= 15 is 0 Å². The van der Waals surface area contributed by atoms with Gasteiger partial charge in [-0.2, -0.15) is 5.10 Å². The molecule has 0 aliphatic carbocycles. The van der Waals surface area contributed by atoms with E-state index in [9.17, 15) is 0 Å². The average molecular weight is 239 g/mol. The average Bonchev–Trinajstić information content (AvgIpc) is 2.66. The van der Waals surface area contributed by atoms with Gasteiger partial charge in [0.15, 0.2) is 0 Å². The molecule has 0 aliphatic heterocycles. The molecule has 5 nitrogen and oxygen atoms in total. The minimum Gasteiger partial charge on any atom is -0.297 e. The number of aryl methyl sites for hydroxylation is 1. The quantitative estimate of drug-likeness (QED) is 0.575. The Balaban J connectivity index is 3.00. The van der Waals surface area contributed by atoms with Crippen molar-refractivity contribution in [2.75, 3.05) is 13.1 Å². The highest BCUT2D eigenvalue weighted by molar-refractivity contribution is 5.16. The molecule has 0 bridgehead atoms. The van der Waals surface area contributed by atoms with Crippen molar-refractivity contribution in [2.45, 2.75) is 39.3 Å². The van der Waals surface area contributed by atoms with Crippen molar-refractivity contribution in [3.05, 3.63) is 18.0 Å². The number of nitrogens with zero attached hydrogens (tertiary/aromatic N) is 3. The van der Waals surface area contributed by atoms with Crippen LogP contribution in [0.2, 0.25) is 0 Å². The van der Waals surface area contributed by atoms with Crippen molar-refractivity contribution < 1.29 is 0 Å². The van der Waals surface area contributed by atoms with Crippen molar-refractivity contribution in [2.24, 2.45) is 12.9 Å². The first-order valence-electron chi connectivity index (χ1n) is 6.17. The minimum atomic E-state index is -0.0543. The zero-order valence-electron chi connectivity index (χ0n) is 11.6. The Bertz CT molecular complexity index is 340. The monoisotopic (exact) mass is 239 g/mol. The molecule has 3 N–H and O–H groups in total. The van der Waals surface area contributed by atoms with Crippen LogP contribution in [0.15, 0.2) is 12.4 Å². The maximum Gasteiger partial charge on any atom is 0.0669 e. The van der Waals surface area contributed by atoms with Crippen molar-refractivity contribution in [3.63, 3.8) is 0 Å². The molecule has 0 saturated heterocycles. The number of hydrogen-bond donors (Lipinski definition) is 2. The lowest BCUT2D eigenvalue weighted by Gasteiger charge is -2.42. The van der Waals surface area contributed by atoms with E-state index in [0.29, 0.717) is 0 Å². The van der Waals surface area contributed by atoms with E-state index in [1.165, 1.54) is 0 Å². The van der Waals surface area contributed by atoms with Gasteiger partial charge < -0.3 is 0 Å². The molecular weight excluding hydrogens is 214 g/mol. The van der Waals surface area contributed by atoms with Crippen molar-refractivity contribution in [1.29, 1.82) is 0 Å². The largest absolute Gasteiger partial charge is 0.297 e. The van der Waals surface area contributed by atoms with Crippen LogP contribution in [-0.4, -0.2) is 33.3 Å². The Hall–Kier alpha value is -0.910. The molecule has 0 fully saturated rings. The molecule has 1 rings (SSSR count). The molecule has 5 heteroatoms. The SMILES string of the molecule is CCN(CC)C(C)(C)C(NN)c1cnn(C)c1. The molecule has 17 heavy (non-hydrogen) atoms. The summed E-state index contributed by atoms with van der Waals surface area (Å²) in [7, 11) is 1.92. The van der Waals surface area contributed by atoms with Gasteiger partial charge in [-0.3, -0.25) is 20.9 Å². The molecule has 0 amide bonds. The third-order valence-electron chi connectivity index (χ3n) is 3.51. The van der Waals surface area contributed by atoms with Gasteiger partial charge in [-0.25, -0.2) is 0 Å². The first-order valence-corrected chi connectivity index (χ1v) is 6.17. The summed E-state index contributed by atoms with van der Waals surface area (Å²) >= 11 is 0. The summed E-state index contributed by atoms with van der Waals surface area (Å²) in [6.45, 7) is 10.8. The second-order valence-corrected chi connectivity index (χ2v) is 4.87. The van der Waals surface area contributed by atoms with Gasteiger partial charge in [0, 0.05) is 24.3 Å². The molecule has 0 aromatic carbocycles. The van der Waals surface area contributed by atoms with Gasteiger partial charge in [-0.05, 0) is 26.9 Å². The van der Waals surface area contributed by atoms with E-state index in [-0.39, 0.29) is 11.6 Å². The number of likely N-dealkylation sites (N-methyl/N-ethyl adjacent to an activating group) is 1. The Labute approximate surface area is 104 Å². The zero-order valence-corrected chi connectivity index (χ0v) is 11.6. The molecule has 1 aromatic rings. The predicted molar refractivity (Wildman–Crippen MR) is 70.3 cm³/mol. The van der Waals surface area contributed by atoms with E-state index in [1.807, 2.05) is 19.4 Å². The number of nitrogens with one attached hydrogen (secondary N) is 1. The normalized spacial score (nSPS) is 14.3. The van der Waals surface area contributed by atoms with E-state index in [1.54, 1.807) is 4.68 Å². The Morgan fingerprint density at radius 2 is 2.06 bits per heavy atom. The van der Waals surface area contributed by atoms with E-state index in [0.717, 1.165) is 18.7 Å². The second kappa shape index (κ2) is 5.62. The molecule has 98 valence electrons. The first kappa shape index (κ1) is 14.2. The van der Waals surface area contributed by atoms with Crippen LogP contribution in [0, 0.1) is 0 Å². The number of nitrogens with two attached hydrogens (primary N) is 1. The van der Waals surface area contributed by atoms with Gasteiger partial charge >= 0.3 is 0 Å². The van der Waals surface area contributed by atoms with Gasteiger partial charge in [0.1, 0.15) is 0 Å². The Morgan fingerprint density at radius 1 is 1.47 bits per heavy atom. The zero-order chi connectivity index (χ0) is 13.1. The van der Waals surface area contributed by atoms with Crippen molar-refractivity contribution in [1.82, 2.24) is 20.1 Å². The Morgan fingerprint density at radius 3 is 2.41 bits per heavy atom. The lowest BCUT2D eigenvalue weighted by Crippen LogP contribution is -2.54. The highest BCUT2D eigenvalue weighted by atomic mass is 15.3. The molecule has 1 aromatic heterocycles. The van der Waals surface area contributed by atoms with Crippen LogP contribution in [-0.2, 0) is 7.05 Å². The number of hydrogen-bond acceptors (Lipinski definition) is 4. The third-order valence-corrected chi connectivity index (χ3v) is 3.51. The van der Waals surface area contributed by atoms with Crippen LogP contribution in [0.25, 0.3) is 0 Å². The van der Waals surface area contributed by atoms with Crippen LogP contribution < -0.4 is 11.3 Å². The smallest absolute Gasteiger partial charge is 0.0669 e. The van der Waals surface area contributed by atoms with Gasteiger partial charge in [0.05, 0.1) is 12.2 Å². The molecule has 0 aliphatic rings. The van der Waals surface area contributed by atoms with E-state index < -0.39 is 0 Å². The van der Waals surface area contributed by atoms with Crippen molar-refractivity contribution in [3.8, 4) is 0 Å². The summed E-state index contributed by atoms with van der Waals surface area (Å²) in [5.41, 5.74) is 3.99. The van der Waals surface area contributed by atoms with Crippen LogP contribution in [0.4, 0.5) is 0 Å². The topological polar surface area (TPSA) is 59.1 Å². The summed E-state index contributed by atoms with van der Waals surface area (Å²) in [6, 6.07) is 0.0658. The van der Waals surface area contributed by atoms with E-state index in [2.05, 4.69) is 43.1 Å². The molecule has 0 saturated carbocycles. The maximum atomic E-state index is 5.73. The fourth-order valence-electron chi connectivity index (χ4n) is 2.52. The summed E-state index contributed by atoms with van der Waals surface area (Å²) in [5.74, 6) is 5.73. The molecular formula is C12H25N5. The summed E-state index contributed by atoms with van der Waals surface area (Å²) in [4.78, 5) is 2.39. The Kier molecular flexibility index (Phi) is 4.68. The molecule has 1 heterocycles. The molecule has 0 spiro atoms. The fraction of sp³-hybridized carbons (Fsp3) is 0.750. The van der Waals surface area contributed by atoms with Gasteiger partial charge in [-0.15, -0.1) is 0 Å². The molecule has 1 unspecified atom stereocenters. The lowest BCUT2D eigenvalue weighted by atomic mass is 9.88. The highest BCUT2D eigenvalue weighted by Gasteiger charge is 2.35. The second-order valence-electron chi connectivity index (χ2n) is 4.87. The lowest BCUT2D eigenvalue weighted by molar-refractivity contribution is 0.0912. The number of rotatable bonds is 6. The minimum absolute atomic E-state index is 0.0543.